The standard InChI is InChI=1S/C12H15F/c1-9-7-12(2,8-9)10-3-5-11(13)6-4-10/h3-6,9H,7-8H2,1-2H3. The molecule has 2 rings (SSSR count). The Hall–Kier alpha value is -0.850. The number of benzene rings is 1. The summed E-state index contributed by atoms with van der Waals surface area (Å²) >= 11 is 0. The highest BCUT2D eigenvalue weighted by molar-refractivity contribution is 5.27. The smallest absolute Gasteiger partial charge is 0.123 e. The van der Waals surface area contributed by atoms with Gasteiger partial charge >= 0.3 is 0 Å². The molecule has 0 N–H and O–H groups in total. The fourth-order valence-electron chi connectivity index (χ4n) is 2.57. The second kappa shape index (κ2) is 2.83. The molecule has 0 nitrogen and oxygen atoms in total. The van der Waals surface area contributed by atoms with Gasteiger partial charge in [0.1, 0.15) is 5.82 Å². The molecule has 0 radical (unpaired) electrons. The van der Waals surface area contributed by atoms with Crippen molar-refractivity contribution in [2.45, 2.75) is 32.1 Å². The van der Waals surface area contributed by atoms with Crippen LogP contribution < -0.4 is 0 Å². The lowest BCUT2D eigenvalue weighted by molar-refractivity contribution is 0.177. The van der Waals surface area contributed by atoms with Gasteiger partial charge in [-0.1, -0.05) is 26.0 Å². The predicted octanol–water partition coefficient (Wildman–Crippen LogP) is 3.51. The van der Waals surface area contributed by atoms with Crippen LogP contribution in [-0.4, -0.2) is 0 Å². The van der Waals surface area contributed by atoms with Crippen molar-refractivity contribution < 1.29 is 4.39 Å². The molecule has 1 aliphatic rings. The molecule has 1 aliphatic carbocycles. The van der Waals surface area contributed by atoms with E-state index in [-0.39, 0.29) is 5.82 Å². The van der Waals surface area contributed by atoms with Crippen molar-refractivity contribution >= 4 is 0 Å². The lowest BCUT2D eigenvalue weighted by Crippen LogP contribution is -2.36. The third kappa shape index (κ3) is 1.48. The molecule has 0 unspecified atom stereocenters. The molecule has 0 bridgehead atoms. The van der Waals surface area contributed by atoms with Crippen LogP contribution in [0.3, 0.4) is 0 Å². The summed E-state index contributed by atoms with van der Waals surface area (Å²) in [6, 6.07) is 6.95. The van der Waals surface area contributed by atoms with Crippen molar-refractivity contribution in [2.24, 2.45) is 5.92 Å². The summed E-state index contributed by atoms with van der Waals surface area (Å²) in [5, 5.41) is 0. The van der Waals surface area contributed by atoms with E-state index in [2.05, 4.69) is 13.8 Å². The number of rotatable bonds is 1. The largest absolute Gasteiger partial charge is 0.207 e. The van der Waals surface area contributed by atoms with Gasteiger partial charge in [0.2, 0.25) is 0 Å². The van der Waals surface area contributed by atoms with Gasteiger partial charge in [-0.2, -0.15) is 0 Å². The summed E-state index contributed by atoms with van der Waals surface area (Å²) in [6.45, 7) is 4.53. The van der Waals surface area contributed by atoms with Crippen LogP contribution in [0.1, 0.15) is 32.3 Å². The van der Waals surface area contributed by atoms with Gasteiger partial charge < -0.3 is 0 Å². The van der Waals surface area contributed by atoms with E-state index in [0.717, 1.165) is 5.92 Å². The van der Waals surface area contributed by atoms with Gasteiger partial charge in [-0.25, -0.2) is 4.39 Å². The lowest BCUT2D eigenvalue weighted by Gasteiger charge is -2.44. The molecule has 0 atom stereocenters. The van der Waals surface area contributed by atoms with Gasteiger partial charge in [-0.3, -0.25) is 0 Å². The first-order valence-electron chi connectivity index (χ1n) is 4.86. The maximum Gasteiger partial charge on any atom is 0.123 e. The van der Waals surface area contributed by atoms with Crippen LogP contribution in [-0.2, 0) is 5.41 Å². The van der Waals surface area contributed by atoms with Crippen molar-refractivity contribution in [3.05, 3.63) is 35.6 Å². The van der Waals surface area contributed by atoms with E-state index in [1.165, 1.54) is 18.4 Å². The number of halogens is 1. The number of hydrogen-bond donors (Lipinski definition) is 0. The minimum atomic E-state index is -0.139. The van der Waals surface area contributed by atoms with Gasteiger partial charge in [0, 0.05) is 0 Å². The molecule has 13 heavy (non-hydrogen) atoms. The first kappa shape index (κ1) is 8.74. The van der Waals surface area contributed by atoms with Crippen molar-refractivity contribution in [1.82, 2.24) is 0 Å². The zero-order chi connectivity index (χ0) is 9.47. The molecule has 1 aromatic rings. The maximum absolute atomic E-state index is 12.7. The summed E-state index contributed by atoms with van der Waals surface area (Å²) in [5.74, 6) is 0.690. The van der Waals surface area contributed by atoms with E-state index in [9.17, 15) is 4.39 Å². The van der Waals surface area contributed by atoms with Crippen LogP contribution in [0.4, 0.5) is 4.39 Å². The summed E-state index contributed by atoms with van der Waals surface area (Å²) < 4.78 is 12.7. The van der Waals surface area contributed by atoms with E-state index >= 15 is 0 Å². The average Bonchev–Trinajstić information content (AvgIpc) is 2.03. The molecule has 1 heteroatoms. The van der Waals surface area contributed by atoms with Crippen LogP contribution in [0.2, 0.25) is 0 Å². The molecule has 1 saturated carbocycles. The Kier molecular flexibility index (Phi) is 1.90. The van der Waals surface area contributed by atoms with Crippen LogP contribution in [0.15, 0.2) is 24.3 Å². The fraction of sp³-hybridized carbons (Fsp3) is 0.500. The first-order chi connectivity index (χ1) is 6.10. The Labute approximate surface area is 78.8 Å². The molecule has 0 amide bonds. The Morgan fingerprint density at radius 3 is 2.23 bits per heavy atom. The van der Waals surface area contributed by atoms with E-state index in [0.29, 0.717) is 5.41 Å². The van der Waals surface area contributed by atoms with E-state index in [1.807, 2.05) is 12.1 Å². The van der Waals surface area contributed by atoms with Gasteiger partial charge in [-0.15, -0.1) is 0 Å². The Balaban J connectivity index is 2.22. The summed E-state index contributed by atoms with van der Waals surface area (Å²) in [7, 11) is 0. The molecule has 70 valence electrons. The van der Waals surface area contributed by atoms with Gasteiger partial charge in [0.05, 0.1) is 0 Å². The molecule has 1 fully saturated rings. The molecule has 0 aromatic heterocycles. The summed E-state index contributed by atoms with van der Waals surface area (Å²) in [6.07, 6.45) is 2.47. The monoisotopic (exact) mass is 178 g/mol. The zero-order valence-electron chi connectivity index (χ0n) is 8.18. The van der Waals surface area contributed by atoms with Gasteiger partial charge in [0.25, 0.3) is 0 Å². The van der Waals surface area contributed by atoms with Crippen molar-refractivity contribution in [1.29, 1.82) is 0 Å². The SMILES string of the molecule is CC1CC(C)(c2ccc(F)cc2)C1. The Morgan fingerprint density at radius 1 is 1.23 bits per heavy atom. The van der Waals surface area contributed by atoms with E-state index in [1.54, 1.807) is 12.1 Å². The Bertz CT molecular complexity index is 293. The maximum atomic E-state index is 12.7. The van der Waals surface area contributed by atoms with Crippen molar-refractivity contribution in [3.63, 3.8) is 0 Å². The molecule has 0 saturated heterocycles. The minimum absolute atomic E-state index is 0.139. The molecule has 0 aliphatic heterocycles. The van der Waals surface area contributed by atoms with Crippen LogP contribution >= 0.6 is 0 Å². The lowest BCUT2D eigenvalue weighted by atomic mass is 9.60. The third-order valence-electron chi connectivity index (χ3n) is 3.14. The van der Waals surface area contributed by atoms with Crippen molar-refractivity contribution in [2.75, 3.05) is 0 Å². The highest BCUT2D eigenvalue weighted by Gasteiger charge is 2.38. The average molecular weight is 178 g/mol. The van der Waals surface area contributed by atoms with Gasteiger partial charge in [-0.05, 0) is 41.9 Å². The van der Waals surface area contributed by atoms with Crippen LogP contribution in [0, 0.1) is 11.7 Å². The van der Waals surface area contributed by atoms with Gasteiger partial charge in [0.15, 0.2) is 0 Å². The van der Waals surface area contributed by atoms with E-state index in [4.69, 9.17) is 0 Å². The highest BCUT2D eigenvalue weighted by Crippen LogP contribution is 2.46. The molecular weight excluding hydrogens is 163 g/mol. The third-order valence-corrected chi connectivity index (χ3v) is 3.14. The van der Waals surface area contributed by atoms with Crippen molar-refractivity contribution in [3.8, 4) is 0 Å². The molecule has 0 spiro atoms. The van der Waals surface area contributed by atoms with E-state index < -0.39 is 0 Å². The Morgan fingerprint density at radius 2 is 1.77 bits per heavy atom. The molecular formula is C12H15F. The zero-order valence-corrected chi connectivity index (χ0v) is 8.18. The van der Waals surface area contributed by atoms with Crippen LogP contribution in [0.5, 0.6) is 0 Å². The number of hydrogen-bond acceptors (Lipinski definition) is 0. The predicted molar refractivity (Wildman–Crippen MR) is 52.2 cm³/mol. The summed E-state index contributed by atoms with van der Waals surface area (Å²) in [5.41, 5.74) is 1.60. The second-order valence-electron chi connectivity index (χ2n) is 4.58. The molecule has 1 aromatic carbocycles. The van der Waals surface area contributed by atoms with Crippen LogP contribution in [0.25, 0.3) is 0 Å². The second-order valence-corrected chi connectivity index (χ2v) is 4.58. The minimum Gasteiger partial charge on any atom is -0.207 e. The summed E-state index contributed by atoms with van der Waals surface area (Å²) in [4.78, 5) is 0. The fourth-order valence-corrected chi connectivity index (χ4v) is 2.57. The normalized spacial score (nSPS) is 32.7. The first-order valence-corrected chi connectivity index (χ1v) is 4.86. The quantitative estimate of drug-likeness (QED) is 0.617. The topological polar surface area (TPSA) is 0 Å². The highest BCUT2D eigenvalue weighted by atomic mass is 19.1. The molecule has 0 heterocycles.